The third kappa shape index (κ3) is 4.19. The molecule has 0 atom stereocenters. The van der Waals surface area contributed by atoms with E-state index in [2.05, 4.69) is 6.58 Å². The summed E-state index contributed by atoms with van der Waals surface area (Å²) in [5.74, 6) is 0. The lowest BCUT2D eigenvalue weighted by Gasteiger charge is -1.87. The van der Waals surface area contributed by atoms with Crippen LogP contribution in [0.5, 0.6) is 0 Å². The summed E-state index contributed by atoms with van der Waals surface area (Å²) in [7, 11) is 0. The number of rotatable bonds is 2. The first-order chi connectivity index (χ1) is 3.66. The van der Waals surface area contributed by atoms with Crippen LogP contribution in [0.15, 0.2) is 22.7 Å². The second-order valence-electron chi connectivity index (χ2n) is 1.24. The zero-order valence-electron chi connectivity index (χ0n) is 4.32. The van der Waals surface area contributed by atoms with Gasteiger partial charge in [0.05, 0.1) is 0 Å². The molecule has 46 valence electrons. The van der Waals surface area contributed by atoms with Crippen molar-refractivity contribution < 1.29 is 0 Å². The molecule has 2 N–H and O–H groups in total. The fraction of sp³-hybridized carbons (Fsp3) is 0.200. The van der Waals surface area contributed by atoms with E-state index in [1.54, 1.807) is 0 Å². The number of hydrogen-bond acceptors (Lipinski definition) is 1. The SMILES string of the molecule is C=C(Cl)C=C(Cl)CN. The Morgan fingerprint density at radius 2 is 2.12 bits per heavy atom. The summed E-state index contributed by atoms with van der Waals surface area (Å²) in [4.78, 5) is 0. The molecular weight excluding hydrogens is 145 g/mol. The topological polar surface area (TPSA) is 26.0 Å². The zero-order chi connectivity index (χ0) is 6.57. The number of hydrogen-bond donors (Lipinski definition) is 1. The average Bonchev–Trinajstić information content (AvgIpc) is 1.65. The van der Waals surface area contributed by atoms with Crippen LogP contribution in [0.3, 0.4) is 0 Å². The van der Waals surface area contributed by atoms with Gasteiger partial charge in [0.1, 0.15) is 0 Å². The van der Waals surface area contributed by atoms with E-state index in [1.807, 2.05) is 0 Å². The van der Waals surface area contributed by atoms with Crippen LogP contribution in [-0.4, -0.2) is 6.54 Å². The van der Waals surface area contributed by atoms with Crippen LogP contribution in [0.4, 0.5) is 0 Å². The van der Waals surface area contributed by atoms with Crippen LogP contribution < -0.4 is 5.73 Å². The molecule has 0 heterocycles. The minimum absolute atomic E-state index is 0.313. The first kappa shape index (κ1) is 8.02. The van der Waals surface area contributed by atoms with Crippen LogP contribution in [0.1, 0.15) is 0 Å². The van der Waals surface area contributed by atoms with Crippen LogP contribution in [0.25, 0.3) is 0 Å². The molecule has 0 radical (unpaired) electrons. The molecule has 0 bridgehead atoms. The van der Waals surface area contributed by atoms with Gasteiger partial charge in [0, 0.05) is 16.6 Å². The molecule has 0 aromatic carbocycles. The third-order valence-electron chi connectivity index (χ3n) is 0.508. The summed E-state index contributed by atoms with van der Waals surface area (Å²) in [5, 5.41) is 0.922. The molecule has 8 heavy (non-hydrogen) atoms. The maximum Gasteiger partial charge on any atom is 0.0346 e. The summed E-state index contributed by atoms with van der Waals surface area (Å²) in [5.41, 5.74) is 5.12. The minimum Gasteiger partial charge on any atom is -0.326 e. The first-order valence-corrected chi connectivity index (χ1v) is 2.83. The van der Waals surface area contributed by atoms with Gasteiger partial charge in [-0.1, -0.05) is 29.8 Å². The van der Waals surface area contributed by atoms with Crippen molar-refractivity contribution in [2.24, 2.45) is 5.73 Å². The lowest BCUT2D eigenvalue weighted by molar-refractivity contribution is 1.23. The molecule has 0 aliphatic carbocycles. The quantitative estimate of drug-likeness (QED) is 0.600. The van der Waals surface area contributed by atoms with Gasteiger partial charge >= 0.3 is 0 Å². The standard InChI is InChI=1S/C5H7Cl2N/c1-4(6)2-5(7)3-8/h2H,1,3,8H2. The lowest BCUT2D eigenvalue weighted by Crippen LogP contribution is -1.97. The van der Waals surface area contributed by atoms with E-state index in [4.69, 9.17) is 28.9 Å². The fourth-order valence-corrected chi connectivity index (χ4v) is 0.548. The van der Waals surface area contributed by atoms with Gasteiger partial charge in [0.15, 0.2) is 0 Å². The van der Waals surface area contributed by atoms with Crippen molar-refractivity contribution in [3.05, 3.63) is 22.7 Å². The molecule has 0 amide bonds. The second kappa shape index (κ2) is 3.96. The molecule has 0 aromatic heterocycles. The van der Waals surface area contributed by atoms with Crippen molar-refractivity contribution in [1.29, 1.82) is 0 Å². The Hall–Kier alpha value is 0.0200. The zero-order valence-corrected chi connectivity index (χ0v) is 5.84. The molecule has 0 aliphatic rings. The molecule has 0 fully saturated rings. The van der Waals surface area contributed by atoms with E-state index >= 15 is 0 Å². The maximum atomic E-state index is 5.45. The summed E-state index contributed by atoms with van der Waals surface area (Å²) in [6, 6.07) is 0. The molecular formula is C5H7Cl2N. The lowest BCUT2D eigenvalue weighted by atomic mass is 10.5. The Bertz CT molecular complexity index is 118. The molecule has 1 nitrogen and oxygen atoms in total. The van der Waals surface area contributed by atoms with Crippen molar-refractivity contribution in [2.45, 2.75) is 0 Å². The predicted octanol–water partition coefficient (Wildman–Crippen LogP) is 1.82. The van der Waals surface area contributed by atoms with E-state index in [-0.39, 0.29) is 0 Å². The van der Waals surface area contributed by atoms with Gasteiger partial charge in [-0.15, -0.1) is 0 Å². The van der Waals surface area contributed by atoms with Crippen molar-refractivity contribution in [1.82, 2.24) is 0 Å². The molecule has 0 aliphatic heterocycles. The Morgan fingerprint density at radius 3 is 2.25 bits per heavy atom. The van der Waals surface area contributed by atoms with Crippen molar-refractivity contribution in [2.75, 3.05) is 6.54 Å². The molecule has 0 rings (SSSR count). The Morgan fingerprint density at radius 1 is 1.62 bits per heavy atom. The van der Waals surface area contributed by atoms with Crippen LogP contribution in [0, 0.1) is 0 Å². The average molecular weight is 152 g/mol. The predicted molar refractivity (Wildman–Crippen MR) is 38.0 cm³/mol. The third-order valence-corrected chi connectivity index (χ3v) is 0.881. The highest BCUT2D eigenvalue weighted by molar-refractivity contribution is 6.34. The summed E-state index contributed by atoms with van der Waals surface area (Å²) in [6.07, 6.45) is 1.52. The summed E-state index contributed by atoms with van der Waals surface area (Å²) >= 11 is 10.8. The first-order valence-electron chi connectivity index (χ1n) is 2.07. The normalized spacial score (nSPS) is 11.6. The van der Waals surface area contributed by atoms with E-state index in [0.717, 1.165) is 0 Å². The Balaban J connectivity index is 3.75. The van der Waals surface area contributed by atoms with E-state index in [0.29, 0.717) is 16.6 Å². The van der Waals surface area contributed by atoms with Gasteiger partial charge in [-0.3, -0.25) is 0 Å². The largest absolute Gasteiger partial charge is 0.326 e. The van der Waals surface area contributed by atoms with E-state index in [1.165, 1.54) is 6.08 Å². The van der Waals surface area contributed by atoms with Gasteiger partial charge in [-0.25, -0.2) is 0 Å². The molecule has 0 saturated heterocycles. The van der Waals surface area contributed by atoms with Crippen molar-refractivity contribution in [3.8, 4) is 0 Å². The molecule has 3 heteroatoms. The Kier molecular flexibility index (Phi) is 3.97. The maximum absolute atomic E-state index is 5.45. The number of allylic oxidation sites excluding steroid dienone is 2. The van der Waals surface area contributed by atoms with Gasteiger partial charge in [0.25, 0.3) is 0 Å². The fourth-order valence-electron chi connectivity index (χ4n) is 0.229. The van der Waals surface area contributed by atoms with E-state index in [9.17, 15) is 0 Å². The van der Waals surface area contributed by atoms with Gasteiger partial charge < -0.3 is 5.73 Å². The van der Waals surface area contributed by atoms with Crippen LogP contribution in [0.2, 0.25) is 0 Å². The van der Waals surface area contributed by atoms with Gasteiger partial charge in [-0.2, -0.15) is 0 Å². The highest BCUT2D eigenvalue weighted by atomic mass is 35.5. The van der Waals surface area contributed by atoms with Gasteiger partial charge in [0.2, 0.25) is 0 Å². The smallest absolute Gasteiger partial charge is 0.0346 e. The Labute approximate surface area is 58.8 Å². The molecule has 0 unspecified atom stereocenters. The van der Waals surface area contributed by atoms with Crippen molar-refractivity contribution in [3.63, 3.8) is 0 Å². The summed E-state index contributed by atoms with van der Waals surface area (Å²) in [6.45, 7) is 3.70. The molecule has 0 aromatic rings. The number of nitrogens with two attached hydrogens (primary N) is 1. The highest BCUT2D eigenvalue weighted by Crippen LogP contribution is 2.05. The minimum atomic E-state index is 0.313. The van der Waals surface area contributed by atoms with E-state index < -0.39 is 0 Å². The highest BCUT2D eigenvalue weighted by Gasteiger charge is 1.85. The van der Waals surface area contributed by atoms with Crippen LogP contribution in [-0.2, 0) is 0 Å². The van der Waals surface area contributed by atoms with Crippen LogP contribution >= 0.6 is 23.2 Å². The molecule has 0 spiro atoms. The second-order valence-corrected chi connectivity index (χ2v) is 2.21. The van der Waals surface area contributed by atoms with Gasteiger partial charge in [-0.05, 0) is 6.08 Å². The number of halogens is 2. The monoisotopic (exact) mass is 151 g/mol. The van der Waals surface area contributed by atoms with Crippen molar-refractivity contribution >= 4 is 23.2 Å². The summed E-state index contributed by atoms with van der Waals surface area (Å²) < 4.78 is 0. The molecule has 0 saturated carbocycles.